The van der Waals surface area contributed by atoms with Gasteiger partial charge < -0.3 is 15.8 Å². The van der Waals surface area contributed by atoms with Gasteiger partial charge in [0.15, 0.2) is 0 Å². The average Bonchev–Trinajstić information content (AvgIpc) is 2.21. The molecule has 102 valence electrons. The van der Waals surface area contributed by atoms with Crippen LogP contribution in [0.3, 0.4) is 0 Å². The topological polar surface area (TPSA) is 64.4 Å². The van der Waals surface area contributed by atoms with Crippen LogP contribution in [-0.2, 0) is 9.53 Å². The standard InChI is InChI=1S/C12H24N2O2.ClH/c1-3-5-12(6-4-7-12)9-14-11(15)10(13)8-16-2;/h10H,3-9,13H2,1-2H3,(H,14,15);1H. The maximum absolute atomic E-state index is 11.6. The van der Waals surface area contributed by atoms with E-state index in [-0.39, 0.29) is 24.9 Å². The summed E-state index contributed by atoms with van der Waals surface area (Å²) in [5.41, 5.74) is 6.01. The largest absolute Gasteiger partial charge is 0.383 e. The molecule has 1 aliphatic rings. The van der Waals surface area contributed by atoms with Crippen LogP contribution >= 0.6 is 12.4 Å². The number of nitrogens with two attached hydrogens (primary N) is 1. The van der Waals surface area contributed by atoms with Crippen LogP contribution in [0.5, 0.6) is 0 Å². The molecule has 1 fully saturated rings. The lowest BCUT2D eigenvalue weighted by Crippen LogP contribution is -2.49. The summed E-state index contributed by atoms with van der Waals surface area (Å²) in [4.78, 5) is 11.6. The Balaban J connectivity index is 0.00000256. The van der Waals surface area contributed by atoms with Gasteiger partial charge in [-0.15, -0.1) is 12.4 Å². The predicted octanol–water partition coefficient (Wildman–Crippen LogP) is 1.47. The second-order valence-electron chi connectivity index (χ2n) is 4.88. The molecule has 1 unspecified atom stereocenters. The summed E-state index contributed by atoms with van der Waals surface area (Å²) in [5, 5.41) is 2.95. The molecule has 1 aliphatic carbocycles. The molecule has 0 saturated heterocycles. The van der Waals surface area contributed by atoms with E-state index in [1.54, 1.807) is 7.11 Å². The van der Waals surface area contributed by atoms with Crippen LogP contribution in [0.1, 0.15) is 39.0 Å². The zero-order valence-electron chi connectivity index (χ0n) is 10.8. The summed E-state index contributed by atoms with van der Waals surface area (Å²) in [6.07, 6.45) is 6.15. The van der Waals surface area contributed by atoms with Gasteiger partial charge in [0.05, 0.1) is 6.61 Å². The van der Waals surface area contributed by atoms with Crippen molar-refractivity contribution in [2.24, 2.45) is 11.1 Å². The Bertz CT molecular complexity index is 233. The minimum atomic E-state index is -0.538. The van der Waals surface area contributed by atoms with E-state index in [1.165, 1.54) is 32.1 Å². The van der Waals surface area contributed by atoms with Crippen LogP contribution in [-0.4, -0.2) is 32.2 Å². The quantitative estimate of drug-likeness (QED) is 0.732. The Hall–Kier alpha value is -0.320. The number of nitrogens with one attached hydrogen (secondary N) is 1. The predicted molar refractivity (Wildman–Crippen MR) is 71.3 cm³/mol. The smallest absolute Gasteiger partial charge is 0.239 e. The molecule has 5 heteroatoms. The third kappa shape index (κ3) is 4.82. The van der Waals surface area contributed by atoms with Gasteiger partial charge in [-0.25, -0.2) is 0 Å². The van der Waals surface area contributed by atoms with Gasteiger partial charge in [0.1, 0.15) is 6.04 Å². The first-order valence-electron chi connectivity index (χ1n) is 6.16. The number of methoxy groups -OCH3 is 1. The Morgan fingerprint density at radius 3 is 2.59 bits per heavy atom. The summed E-state index contributed by atoms with van der Waals surface area (Å²) < 4.78 is 4.86. The average molecular weight is 265 g/mol. The van der Waals surface area contributed by atoms with Crippen molar-refractivity contribution < 1.29 is 9.53 Å². The zero-order valence-corrected chi connectivity index (χ0v) is 11.6. The van der Waals surface area contributed by atoms with Crippen molar-refractivity contribution in [2.75, 3.05) is 20.3 Å². The molecule has 17 heavy (non-hydrogen) atoms. The second-order valence-corrected chi connectivity index (χ2v) is 4.88. The van der Waals surface area contributed by atoms with Crippen LogP contribution in [0.4, 0.5) is 0 Å². The van der Waals surface area contributed by atoms with E-state index in [9.17, 15) is 4.79 Å². The van der Waals surface area contributed by atoms with Crippen LogP contribution < -0.4 is 11.1 Å². The summed E-state index contributed by atoms with van der Waals surface area (Å²) >= 11 is 0. The molecule has 1 rings (SSSR count). The van der Waals surface area contributed by atoms with Crippen molar-refractivity contribution in [1.82, 2.24) is 5.32 Å². The second kappa shape index (κ2) is 7.90. The highest BCUT2D eigenvalue weighted by Gasteiger charge is 2.36. The summed E-state index contributed by atoms with van der Waals surface area (Å²) in [5.74, 6) is -0.0933. The molecule has 0 aromatic carbocycles. The number of amides is 1. The minimum Gasteiger partial charge on any atom is -0.383 e. The monoisotopic (exact) mass is 264 g/mol. The Labute approximate surface area is 110 Å². The zero-order chi connectivity index (χ0) is 12.0. The third-order valence-corrected chi connectivity index (χ3v) is 3.52. The molecule has 0 aliphatic heterocycles. The normalized spacial score (nSPS) is 18.8. The lowest BCUT2D eigenvalue weighted by atomic mass is 9.66. The fourth-order valence-corrected chi connectivity index (χ4v) is 2.38. The number of halogens is 1. The summed E-state index contributed by atoms with van der Waals surface area (Å²) in [7, 11) is 1.55. The number of carbonyl (C=O) groups is 1. The maximum Gasteiger partial charge on any atom is 0.239 e. The van der Waals surface area contributed by atoms with Gasteiger partial charge in [-0.05, 0) is 24.7 Å². The van der Waals surface area contributed by atoms with Gasteiger partial charge >= 0.3 is 0 Å². The Morgan fingerprint density at radius 2 is 2.18 bits per heavy atom. The fraction of sp³-hybridized carbons (Fsp3) is 0.917. The van der Waals surface area contributed by atoms with Crippen LogP contribution in [0, 0.1) is 5.41 Å². The van der Waals surface area contributed by atoms with E-state index in [4.69, 9.17) is 10.5 Å². The molecular formula is C12H25ClN2O2. The highest BCUT2D eigenvalue weighted by molar-refractivity contribution is 5.85. The molecule has 1 atom stereocenters. The van der Waals surface area contributed by atoms with Gasteiger partial charge in [-0.3, -0.25) is 4.79 Å². The van der Waals surface area contributed by atoms with Gasteiger partial charge in [0, 0.05) is 13.7 Å². The molecule has 1 saturated carbocycles. The van der Waals surface area contributed by atoms with Crippen LogP contribution in [0.25, 0.3) is 0 Å². The number of carbonyl (C=O) groups excluding carboxylic acids is 1. The number of ether oxygens (including phenoxy) is 1. The molecule has 0 radical (unpaired) electrons. The van der Waals surface area contributed by atoms with Crippen molar-refractivity contribution in [2.45, 2.75) is 45.1 Å². The molecule has 1 amide bonds. The van der Waals surface area contributed by atoms with Gasteiger partial charge in [0.25, 0.3) is 0 Å². The fourth-order valence-electron chi connectivity index (χ4n) is 2.38. The van der Waals surface area contributed by atoms with E-state index in [0.29, 0.717) is 5.41 Å². The molecule has 0 spiro atoms. The highest BCUT2D eigenvalue weighted by atomic mass is 35.5. The lowest BCUT2D eigenvalue weighted by Gasteiger charge is -2.42. The first-order chi connectivity index (χ1) is 7.63. The minimum absolute atomic E-state index is 0. The van der Waals surface area contributed by atoms with E-state index in [2.05, 4.69) is 12.2 Å². The highest BCUT2D eigenvalue weighted by Crippen LogP contribution is 2.44. The maximum atomic E-state index is 11.6. The molecule has 0 heterocycles. The van der Waals surface area contributed by atoms with Crippen molar-refractivity contribution in [3.63, 3.8) is 0 Å². The van der Waals surface area contributed by atoms with Gasteiger partial charge in [-0.2, -0.15) is 0 Å². The van der Waals surface area contributed by atoms with Crippen LogP contribution in [0.15, 0.2) is 0 Å². The molecule has 0 bridgehead atoms. The van der Waals surface area contributed by atoms with Crippen molar-refractivity contribution in [1.29, 1.82) is 0 Å². The lowest BCUT2D eigenvalue weighted by molar-refractivity contribution is -0.124. The van der Waals surface area contributed by atoms with Gasteiger partial charge in [-0.1, -0.05) is 19.8 Å². The first-order valence-corrected chi connectivity index (χ1v) is 6.16. The van der Waals surface area contributed by atoms with E-state index >= 15 is 0 Å². The van der Waals surface area contributed by atoms with E-state index in [0.717, 1.165) is 6.54 Å². The number of hydrogen-bond acceptors (Lipinski definition) is 3. The number of rotatable bonds is 7. The molecule has 0 aromatic heterocycles. The van der Waals surface area contributed by atoms with E-state index in [1.807, 2.05) is 0 Å². The Kier molecular flexibility index (Phi) is 7.75. The molecule has 0 aromatic rings. The molecule has 4 nitrogen and oxygen atoms in total. The SMILES string of the molecule is CCCC1(CNC(=O)C(N)COC)CCC1.Cl. The summed E-state index contributed by atoms with van der Waals surface area (Å²) in [6, 6.07) is -0.538. The summed E-state index contributed by atoms with van der Waals surface area (Å²) in [6.45, 7) is 3.25. The van der Waals surface area contributed by atoms with Crippen molar-refractivity contribution in [3.05, 3.63) is 0 Å². The van der Waals surface area contributed by atoms with Crippen molar-refractivity contribution in [3.8, 4) is 0 Å². The van der Waals surface area contributed by atoms with E-state index < -0.39 is 6.04 Å². The third-order valence-electron chi connectivity index (χ3n) is 3.52. The Morgan fingerprint density at radius 1 is 1.53 bits per heavy atom. The van der Waals surface area contributed by atoms with Gasteiger partial charge in [0.2, 0.25) is 5.91 Å². The van der Waals surface area contributed by atoms with Crippen LogP contribution in [0.2, 0.25) is 0 Å². The molecular weight excluding hydrogens is 240 g/mol. The first kappa shape index (κ1) is 16.7. The van der Waals surface area contributed by atoms with Crippen molar-refractivity contribution >= 4 is 18.3 Å². The molecule has 3 N–H and O–H groups in total. The number of hydrogen-bond donors (Lipinski definition) is 2.